The lowest BCUT2D eigenvalue weighted by atomic mass is 9.77. The summed E-state index contributed by atoms with van der Waals surface area (Å²) in [5.74, 6) is 0.162. The minimum Gasteiger partial charge on any atom is -0.393 e. The summed E-state index contributed by atoms with van der Waals surface area (Å²) in [6.45, 7) is 12.5. The highest BCUT2D eigenvalue weighted by Crippen LogP contribution is 2.44. The molecule has 2 aliphatic rings. The Morgan fingerprint density at radius 3 is 2.53 bits per heavy atom. The van der Waals surface area contributed by atoms with Crippen LogP contribution in [-0.2, 0) is 4.74 Å². The maximum atomic E-state index is 12.9. The molecule has 0 spiro atoms. The topological polar surface area (TPSA) is 100 Å². The number of aliphatic hydroxyl groups is 1. The number of aromatic amines is 1. The van der Waals surface area contributed by atoms with Crippen molar-refractivity contribution >= 4 is 44.2 Å². The van der Waals surface area contributed by atoms with Gasteiger partial charge in [0.15, 0.2) is 5.82 Å². The van der Waals surface area contributed by atoms with Crippen LogP contribution in [0.4, 0.5) is 5.69 Å². The molecule has 0 unspecified atom stereocenters. The molecule has 1 fully saturated rings. The number of rotatable bonds is 5. The van der Waals surface area contributed by atoms with Gasteiger partial charge in [-0.15, -0.1) is 0 Å². The van der Waals surface area contributed by atoms with Gasteiger partial charge in [0.05, 0.1) is 29.2 Å². The number of allylic oxidation sites excluding steroid dienone is 2. The number of aromatic nitrogens is 3. The van der Waals surface area contributed by atoms with Gasteiger partial charge in [-0.1, -0.05) is 19.9 Å². The van der Waals surface area contributed by atoms with Crippen LogP contribution in [0.1, 0.15) is 103 Å². The average molecular weight is 539 g/mol. The van der Waals surface area contributed by atoms with Crippen molar-refractivity contribution in [3.63, 3.8) is 0 Å². The quantitative estimate of drug-likeness (QED) is 0.427. The minimum atomic E-state index is -0.605. The predicted octanol–water partition coefficient (Wildman–Crippen LogP) is 6.10. The summed E-state index contributed by atoms with van der Waals surface area (Å²) >= 11 is 0. The highest BCUT2D eigenvalue weighted by molar-refractivity contribution is 7.59. The van der Waals surface area contributed by atoms with Crippen molar-refractivity contribution in [3.8, 4) is 0 Å². The minimum absolute atomic E-state index is 0. The maximum Gasteiger partial charge on any atom is 0.291 e. The molecule has 0 saturated carbocycles. The van der Waals surface area contributed by atoms with E-state index in [1.54, 1.807) is 6.20 Å². The maximum absolute atomic E-state index is 12.9. The number of ether oxygens (including phenoxy) is 1. The Bertz CT molecular complexity index is 1120. The van der Waals surface area contributed by atoms with E-state index in [4.69, 9.17) is 9.72 Å². The number of imidazole rings is 1. The van der Waals surface area contributed by atoms with Gasteiger partial charge in [-0.3, -0.25) is 9.78 Å². The van der Waals surface area contributed by atoms with Gasteiger partial charge in [0.2, 0.25) is 0 Å². The third kappa shape index (κ3) is 6.94. The van der Waals surface area contributed by atoms with Crippen LogP contribution in [0, 0.1) is 12.3 Å². The lowest BCUT2D eigenvalue weighted by molar-refractivity contribution is -0.187. The number of carbonyl (C=O) groups excluding carboxylic acids is 1. The summed E-state index contributed by atoms with van der Waals surface area (Å²) in [5.41, 5.74) is 3.82. The van der Waals surface area contributed by atoms with Gasteiger partial charge in [-0.25, -0.2) is 4.98 Å². The molecule has 1 aliphatic heterocycles. The fraction of sp³-hybridized carbons (Fsp3) is 0.593. The predicted molar refractivity (Wildman–Crippen MR) is 159 cm³/mol. The number of amides is 1. The summed E-state index contributed by atoms with van der Waals surface area (Å²) in [5, 5.41) is 13.0. The van der Waals surface area contributed by atoms with Crippen LogP contribution < -0.4 is 5.32 Å². The van der Waals surface area contributed by atoms with Crippen molar-refractivity contribution in [1.29, 1.82) is 0 Å². The largest absolute Gasteiger partial charge is 0.393 e. The lowest BCUT2D eigenvalue weighted by Crippen LogP contribution is -2.48. The number of H-pyrrole nitrogens is 1. The van der Waals surface area contributed by atoms with E-state index in [0.717, 1.165) is 42.8 Å². The van der Waals surface area contributed by atoms with Crippen molar-refractivity contribution < 1.29 is 17.5 Å². The molecular weight excluding hydrogens is 492 g/mol. The molecule has 0 bridgehead atoms. The number of hydrogen-bond acceptors (Lipinski definition) is 5. The standard InChI is InChI=1S/C27H38N4O3.2H2S.2H2/c1-17-15-28-23(29-17)24(33)31-21-8-7-20(19-13-26(4,5)34-27(6,14-19)16-32)30-22(21)18-9-11-25(2,3)12-10-18;;;;/h7-9,15,19,32H,10-14,16H2,1-6H3,(H,28,29)(H,31,33);2*1H2;2*1H/t19-,27-;;;;/m0..../s1. The van der Waals surface area contributed by atoms with Crippen LogP contribution in [-0.4, -0.2) is 43.8 Å². The number of pyridine rings is 1. The molecule has 2 aromatic heterocycles. The van der Waals surface area contributed by atoms with Gasteiger partial charge >= 0.3 is 0 Å². The first kappa shape index (κ1) is 30.4. The van der Waals surface area contributed by atoms with E-state index >= 15 is 0 Å². The number of nitrogens with one attached hydrogen (secondary N) is 2. The second-order valence-corrected chi connectivity index (χ2v) is 11.7. The van der Waals surface area contributed by atoms with E-state index in [-0.39, 0.29) is 65.1 Å². The number of aliphatic hydroxyl groups excluding tert-OH is 1. The van der Waals surface area contributed by atoms with Gasteiger partial charge in [-0.2, -0.15) is 27.0 Å². The summed E-state index contributed by atoms with van der Waals surface area (Å²) in [6, 6.07) is 3.97. The fourth-order valence-electron chi connectivity index (χ4n) is 5.29. The molecule has 1 aliphatic carbocycles. The normalized spacial score (nSPS) is 24.6. The average Bonchev–Trinajstić information content (AvgIpc) is 3.19. The molecule has 3 N–H and O–H groups in total. The Morgan fingerprint density at radius 1 is 1.22 bits per heavy atom. The van der Waals surface area contributed by atoms with E-state index in [2.05, 4.69) is 49.1 Å². The molecule has 9 heteroatoms. The molecule has 204 valence electrons. The zero-order chi connectivity index (χ0) is 24.7. The third-order valence-electron chi connectivity index (χ3n) is 7.05. The van der Waals surface area contributed by atoms with Gasteiger partial charge in [0.25, 0.3) is 5.91 Å². The number of carbonyl (C=O) groups is 1. The smallest absolute Gasteiger partial charge is 0.291 e. The van der Waals surface area contributed by atoms with Crippen LogP contribution in [0.5, 0.6) is 0 Å². The number of nitrogens with zero attached hydrogens (tertiary/aromatic N) is 2. The Hall–Kier alpha value is -1.81. The van der Waals surface area contributed by atoms with Crippen LogP contribution in [0.3, 0.4) is 0 Å². The molecule has 0 radical (unpaired) electrons. The van der Waals surface area contributed by atoms with Crippen molar-refractivity contribution in [2.24, 2.45) is 5.41 Å². The zero-order valence-electron chi connectivity index (χ0n) is 22.3. The lowest BCUT2D eigenvalue weighted by Gasteiger charge is -2.46. The number of anilines is 1. The highest BCUT2D eigenvalue weighted by Gasteiger charge is 2.43. The van der Waals surface area contributed by atoms with E-state index in [0.29, 0.717) is 12.1 Å². The van der Waals surface area contributed by atoms with E-state index < -0.39 is 5.60 Å². The van der Waals surface area contributed by atoms with E-state index in [1.165, 1.54) is 5.57 Å². The monoisotopic (exact) mass is 538 g/mol. The Morgan fingerprint density at radius 2 is 1.94 bits per heavy atom. The van der Waals surface area contributed by atoms with Gasteiger partial charge in [0.1, 0.15) is 0 Å². The van der Waals surface area contributed by atoms with Gasteiger partial charge in [-0.05, 0) is 82.9 Å². The molecule has 3 heterocycles. The first-order valence-electron chi connectivity index (χ1n) is 12.2. The number of hydrogen-bond donors (Lipinski definition) is 3. The summed E-state index contributed by atoms with van der Waals surface area (Å²) in [4.78, 5) is 25.2. The van der Waals surface area contributed by atoms with E-state index in [9.17, 15) is 9.90 Å². The number of aryl methyl sites for hydroxylation is 1. The summed E-state index contributed by atoms with van der Waals surface area (Å²) < 4.78 is 6.20. The molecule has 2 atom stereocenters. The second kappa shape index (κ2) is 11.3. The second-order valence-electron chi connectivity index (χ2n) is 11.7. The third-order valence-corrected chi connectivity index (χ3v) is 7.05. The highest BCUT2D eigenvalue weighted by atomic mass is 32.1. The van der Waals surface area contributed by atoms with Crippen LogP contribution in [0.2, 0.25) is 0 Å². The van der Waals surface area contributed by atoms with Crippen LogP contribution in [0.25, 0.3) is 5.57 Å². The van der Waals surface area contributed by atoms with Crippen molar-refractivity contribution in [3.05, 3.63) is 47.3 Å². The van der Waals surface area contributed by atoms with Crippen molar-refractivity contribution in [1.82, 2.24) is 15.0 Å². The Labute approximate surface area is 231 Å². The molecule has 1 saturated heterocycles. The van der Waals surface area contributed by atoms with Gasteiger partial charge in [0, 0.05) is 26.4 Å². The fourth-order valence-corrected chi connectivity index (χ4v) is 5.29. The molecular formula is C27H46N4O3S2. The Balaban J connectivity index is 0.00000342. The molecule has 4 rings (SSSR count). The molecule has 2 aromatic rings. The van der Waals surface area contributed by atoms with Crippen molar-refractivity contribution in [2.45, 2.75) is 90.8 Å². The van der Waals surface area contributed by atoms with Gasteiger partial charge < -0.3 is 20.1 Å². The van der Waals surface area contributed by atoms with Crippen molar-refractivity contribution in [2.75, 3.05) is 11.9 Å². The molecule has 0 aromatic carbocycles. The Kier molecular flexibility index (Phi) is 9.54. The van der Waals surface area contributed by atoms with E-state index in [1.807, 2.05) is 26.0 Å². The zero-order valence-corrected chi connectivity index (χ0v) is 24.3. The first-order chi connectivity index (χ1) is 15.9. The van der Waals surface area contributed by atoms with Crippen LogP contribution >= 0.6 is 27.0 Å². The molecule has 7 nitrogen and oxygen atoms in total. The molecule has 1 amide bonds. The molecule has 36 heavy (non-hydrogen) atoms. The summed E-state index contributed by atoms with van der Waals surface area (Å²) in [6.07, 6.45) is 8.40. The summed E-state index contributed by atoms with van der Waals surface area (Å²) in [7, 11) is 0. The SMILES string of the molecule is Cc1cnc(C(=O)Nc2ccc([C@H]3CC(C)(C)O[C@](C)(CO)C3)nc2C2=CCC(C)(C)CC2)[nH]1.S.S.[HH].[HH]. The first-order valence-corrected chi connectivity index (χ1v) is 12.2. The van der Waals surface area contributed by atoms with Crippen LogP contribution in [0.15, 0.2) is 24.4 Å².